The molecule has 0 aromatic heterocycles. The predicted molar refractivity (Wildman–Crippen MR) is 89.1 cm³/mol. The van der Waals surface area contributed by atoms with E-state index >= 15 is 0 Å². The molecular weight excluding hydrogens is 339 g/mol. The van der Waals surface area contributed by atoms with Crippen molar-refractivity contribution in [2.75, 3.05) is 0 Å². The molecule has 0 aliphatic heterocycles. The minimum absolute atomic E-state index is 0.327. The molecule has 0 heterocycles. The first kappa shape index (κ1) is 20.6. The molecule has 24 heavy (non-hydrogen) atoms. The van der Waals surface area contributed by atoms with Gasteiger partial charge in [-0.15, -0.1) is 0 Å². The summed E-state index contributed by atoms with van der Waals surface area (Å²) in [5.74, 6) is 0. The highest BCUT2D eigenvalue weighted by atomic mass is 28.4. The van der Waals surface area contributed by atoms with Crippen LogP contribution in [0.15, 0.2) is 30.3 Å². The molecule has 0 saturated heterocycles. The number of hydrogen-bond donors (Lipinski definition) is 0. The van der Waals surface area contributed by atoms with E-state index in [1.54, 1.807) is 64.2 Å². The molecule has 4 nitrogen and oxygen atoms in total. The van der Waals surface area contributed by atoms with E-state index in [-0.39, 0.29) is 6.42 Å². The Morgan fingerprint density at radius 2 is 1.67 bits per heavy atom. The molecule has 1 rings (SSSR count). The van der Waals surface area contributed by atoms with E-state index in [1.165, 1.54) is 0 Å². The van der Waals surface area contributed by atoms with Crippen LogP contribution < -0.4 is 0 Å². The summed E-state index contributed by atoms with van der Waals surface area (Å²) < 4.78 is 46.1. The summed E-state index contributed by atoms with van der Waals surface area (Å²) in [6.45, 7) is 8.71. The van der Waals surface area contributed by atoms with Crippen molar-refractivity contribution in [3.8, 4) is 0 Å². The van der Waals surface area contributed by atoms with E-state index in [2.05, 4.69) is 0 Å². The average Bonchev–Trinajstić information content (AvgIpc) is 2.41. The first-order valence-corrected chi connectivity index (χ1v) is 10.6. The average molecular weight is 363 g/mol. The van der Waals surface area contributed by atoms with Crippen molar-refractivity contribution in [2.45, 2.75) is 63.6 Å². The molecule has 0 radical (unpaired) electrons. The summed E-state index contributed by atoms with van der Waals surface area (Å²) in [5.41, 5.74) is 0.479. The third kappa shape index (κ3) is 5.30. The maximum Gasteiger partial charge on any atom is 0.420 e. The Bertz CT molecular complexity index is 556. The first-order valence-electron chi connectivity index (χ1n) is 7.67. The fourth-order valence-electron chi connectivity index (χ4n) is 2.01. The maximum absolute atomic E-state index is 13.5. The summed E-state index contributed by atoms with van der Waals surface area (Å²) in [6, 6.07) is 6.28. The van der Waals surface area contributed by atoms with E-state index in [0.717, 1.165) is 0 Å². The Labute approximate surface area is 141 Å². The fraction of sp³-hybridized carbons (Fsp3) is 0.625. The summed E-state index contributed by atoms with van der Waals surface area (Å²) in [7, 11) is -2.83. The van der Waals surface area contributed by atoms with Crippen LogP contribution in [0.25, 0.3) is 0 Å². The van der Waals surface area contributed by atoms with Crippen LogP contribution in [0.1, 0.15) is 26.3 Å². The molecule has 1 aromatic carbocycles. The molecule has 0 saturated carbocycles. The number of nitrogens with zero attached hydrogens (tertiary/aromatic N) is 1. The van der Waals surface area contributed by atoms with Crippen molar-refractivity contribution in [1.29, 1.82) is 0 Å². The topological polar surface area (TPSA) is 52.4 Å². The molecule has 0 spiro atoms. The highest BCUT2D eigenvalue weighted by molar-refractivity contribution is 6.74. The highest BCUT2D eigenvalue weighted by Gasteiger charge is 2.55. The Kier molecular flexibility index (Phi) is 6.21. The monoisotopic (exact) mass is 363 g/mol. The summed E-state index contributed by atoms with van der Waals surface area (Å²) in [6.07, 6.45) is -7.55. The number of rotatable bonds is 6. The lowest BCUT2D eigenvalue weighted by molar-refractivity contribution is -0.542. The Hall–Kier alpha value is -1.41. The lowest BCUT2D eigenvalue weighted by atomic mass is 10.0. The van der Waals surface area contributed by atoms with Crippen LogP contribution in [-0.2, 0) is 10.8 Å². The van der Waals surface area contributed by atoms with Crippen LogP contribution in [0.4, 0.5) is 13.2 Å². The third-order valence-electron chi connectivity index (χ3n) is 4.46. The maximum atomic E-state index is 13.5. The zero-order valence-electron chi connectivity index (χ0n) is 14.6. The SMILES string of the molecule is CC(C)(C)[Si](C)(C)OC(C(Cc1ccccc1)[N+](=O)[O-])C(F)(F)F. The first-order chi connectivity index (χ1) is 10.8. The van der Waals surface area contributed by atoms with Gasteiger partial charge in [0.2, 0.25) is 6.10 Å². The number of alkyl halides is 3. The Morgan fingerprint density at radius 3 is 2.04 bits per heavy atom. The van der Waals surface area contributed by atoms with Gasteiger partial charge in [-0.05, 0) is 23.7 Å². The summed E-state index contributed by atoms with van der Waals surface area (Å²) >= 11 is 0. The van der Waals surface area contributed by atoms with Crippen molar-refractivity contribution in [3.05, 3.63) is 46.0 Å². The molecule has 8 heteroatoms. The molecule has 0 fully saturated rings. The van der Waals surface area contributed by atoms with Crippen LogP contribution in [0.3, 0.4) is 0 Å². The van der Waals surface area contributed by atoms with Gasteiger partial charge in [-0.3, -0.25) is 10.1 Å². The molecular formula is C16H24F3NO3Si. The van der Waals surface area contributed by atoms with Gasteiger partial charge in [-0.1, -0.05) is 51.1 Å². The van der Waals surface area contributed by atoms with Gasteiger partial charge in [-0.25, -0.2) is 0 Å². The molecule has 0 aliphatic carbocycles. The predicted octanol–water partition coefficient (Wildman–Crippen LogP) is 4.83. The van der Waals surface area contributed by atoms with Gasteiger partial charge in [0.15, 0.2) is 8.32 Å². The van der Waals surface area contributed by atoms with Crippen LogP contribution in [0, 0.1) is 10.1 Å². The Morgan fingerprint density at radius 1 is 1.17 bits per heavy atom. The molecule has 1 aromatic rings. The lowest BCUT2D eigenvalue weighted by Gasteiger charge is -2.40. The second-order valence-electron chi connectivity index (χ2n) is 7.38. The molecule has 2 atom stereocenters. The largest absolute Gasteiger partial charge is 0.420 e. The third-order valence-corrected chi connectivity index (χ3v) is 8.91. The van der Waals surface area contributed by atoms with Crippen LogP contribution >= 0.6 is 0 Å². The van der Waals surface area contributed by atoms with Crippen molar-refractivity contribution in [2.24, 2.45) is 0 Å². The molecule has 136 valence electrons. The second-order valence-corrected chi connectivity index (χ2v) is 12.1. The standard InChI is InChI=1S/C16H24F3NO3Si/c1-15(2,3)24(4,5)23-14(16(17,18)19)13(20(21)22)11-12-9-7-6-8-10-12/h6-10,13-14H,11H2,1-5H3. The normalized spacial score (nSPS) is 15.8. The molecule has 0 N–H and O–H groups in total. The lowest BCUT2D eigenvalue weighted by Crippen LogP contribution is -2.55. The zero-order chi connectivity index (χ0) is 18.8. The van der Waals surface area contributed by atoms with E-state index in [0.29, 0.717) is 5.56 Å². The van der Waals surface area contributed by atoms with E-state index in [9.17, 15) is 23.3 Å². The summed E-state index contributed by atoms with van der Waals surface area (Å²) in [5, 5.41) is 10.9. The Balaban J connectivity index is 3.18. The molecule has 0 aliphatic rings. The molecule has 2 unspecified atom stereocenters. The van der Waals surface area contributed by atoms with E-state index in [1.807, 2.05) is 0 Å². The van der Waals surface area contributed by atoms with Crippen molar-refractivity contribution in [1.82, 2.24) is 0 Å². The van der Waals surface area contributed by atoms with Crippen LogP contribution in [-0.4, -0.2) is 31.6 Å². The number of nitro groups is 1. The summed E-state index contributed by atoms with van der Waals surface area (Å²) in [4.78, 5) is 10.5. The van der Waals surface area contributed by atoms with Crippen LogP contribution in [0.2, 0.25) is 18.1 Å². The van der Waals surface area contributed by atoms with Gasteiger partial charge in [0.25, 0.3) is 6.04 Å². The van der Waals surface area contributed by atoms with Crippen molar-refractivity contribution >= 4 is 8.32 Å². The number of benzene rings is 1. The fourth-order valence-corrected chi connectivity index (χ4v) is 3.28. The van der Waals surface area contributed by atoms with Gasteiger partial charge in [-0.2, -0.15) is 13.2 Å². The van der Waals surface area contributed by atoms with Gasteiger partial charge < -0.3 is 4.43 Å². The van der Waals surface area contributed by atoms with E-state index < -0.39 is 36.6 Å². The molecule has 0 bridgehead atoms. The van der Waals surface area contributed by atoms with Crippen LogP contribution in [0.5, 0.6) is 0 Å². The minimum atomic E-state index is -4.80. The quantitative estimate of drug-likeness (QED) is 0.413. The highest BCUT2D eigenvalue weighted by Crippen LogP contribution is 2.40. The van der Waals surface area contributed by atoms with Crippen molar-refractivity contribution < 1.29 is 22.5 Å². The van der Waals surface area contributed by atoms with E-state index in [4.69, 9.17) is 4.43 Å². The van der Waals surface area contributed by atoms with Gasteiger partial charge in [0.1, 0.15) is 0 Å². The van der Waals surface area contributed by atoms with Gasteiger partial charge >= 0.3 is 6.18 Å². The zero-order valence-corrected chi connectivity index (χ0v) is 15.6. The molecule has 0 amide bonds. The van der Waals surface area contributed by atoms with Gasteiger partial charge in [0.05, 0.1) is 0 Å². The van der Waals surface area contributed by atoms with Gasteiger partial charge in [0, 0.05) is 11.3 Å². The smallest absolute Gasteiger partial charge is 0.400 e. The van der Waals surface area contributed by atoms with Crippen molar-refractivity contribution in [3.63, 3.8) is 0 Å². The second kappa shape index (κ2) is 7.22. The number of hydrogen-bond acceptors (Lipinski definition) is 3. The minimum Gasteiger partial charge on any atom is -0.400 e. The number of halogens is 3.